The highest BCUT2D eigenvalue weighted by Gasteiger charge is 2.36. The lowest BCUT2D eigenvalue weighted by atomic mass is 9.94. The van der Waals surface area contributed by atoms with Crippen LogP contribution >= 0.6 is 0 Å². The van der Waals surface area contributed by atoms with Gasteiger partial charge in [-0.05, 0) is 18.9 Å². The number of nitrogens with one attached hydrogen (secondary N) is 1. The summed E-state index contributed by atoms with van der Waals surface area (Å²) in [4.78, 5) is 18.7. The van der Waals surface area contributed by atoms with Crippen LogP contribution in [-0.2, 0) is 10.3 Å². The van der Waals surface area contributed by atoms with E-state index >= 15 is 0 Å². The van der Waals surface area contributed by atoms with Crippen molar-refractivity contribution in [2.24, 2.45) is 0 Å². The number of hydrogen-bond donors (Lipinski definition) is 1. The zero-order chi connectivity index (χ0) is 17.9. The summed E-state index contributed by atoms with van der Waals surface area (Å²) in [5, 5.41) is 6.92. The summed E-state index contributed by atoms with van der Waals surface area (Å²) in [5.74, 6) is 0.998. The normalized spacial score (nSPS) is 21.8. The smallest absolute Gasteiger partial charge is 0.318 e. The third kappa shape index (κ3) is 3.82. The number of carbonyl (C=O) groups excluding carboxylic acids is 1. The summed E-state index contributed by atoms with van der Waals surface area (Å²) in [6.45, 7) is 7.27. The quantitative estimate of drug-likeness (QED) is 0.922. The van der Waals surface area contributed by atoms with E-state index in [0.717, 1.165) is 5.56 Å². The largest absolute Gasteiger partial charge is 0.367 e. The Morgan fingerprint density at radius 1 is 1.40 bits per heavy atom. The molecular formula is C18H24N4O3. The minimum Gasteiger partial charge on any atom is -0.367 e. The second-order valence-corrected chi connectivity index (χ2v) is 6.45. The minimum atomic E-state index is -0.513. The third-order valence-electron chi connectivity index (χ3n) is 4.51. The number of rotatable bonds is 4. The molecule has 1 aliphatic rings. The Labute approximate surface area is 147 Å². The van der Waals surface area contributed by atoms with Crippen LogP contribution in [0.4, 0.5) is 4.79 Å². The zero-order valence-corrected chi connectivity index (χ0v) is 14.9. The van der Waals surface area contributed by atoms with E-state index in [9.17, 15) is 4.79 Å². The fraction of sp³-hybridized carbons (Fsp3) is 0.500. The SMILES string of the molecule is CC[C@@H](NC(=O)N1CCO[C@@](C)(c2ccccc2)C1)c1noc(C)n1. The lowest BCUT2D eigenvalue weighted by Gasteiger charge is -2.41. The molecule has 0 saturated carbocycles. The number of amides is 2. The molecule has 1 N–H and O–H groups in total. The molecule has 1 fully saturated rings. The van der Waals surface area contributed by atoms with Gasteiger partial charge in [-0.25, -0.2) is 4.79 Å². The Bertz CT molecular complexity index is 718. The lowest BCUT2D eigenvalue weighted by Crippen LogP contribution is -2.53. The number of aromatic nitrogens is 2. The van der Waals surface area contributed by atoms with Gasteiger partial charge < -0.3 is 19.5 Å². The van der Waals surface area contributed by atoms with Crippen LogP contribution in [0.1, 0.15) is 43.6 Å². The highest BCUT2D eigenvalue weighted by Crippen LogP contribution is 2.29. The first-order valence-electron chi connectivity index (χ1n) is 8.57. The molecule has 0 bridgehead atoms. The van der Waals surface area contributed by atoms with Crippen LogP contribution in [0.2, 0.25) is 0 Å². The molecule has 0 unspecified atom stereocenters. The molecule has 2 amide bonds. The van der Waals surface area contributed by atoms with Crippen LogP contribution in [0, 0.1) is 6.92 Å². The van der Waals surface area contributed by atoms with Gasteiger partial charge in [0.2, 0.25) is 5.89 Å². The van der Waals surface area contributed by atoms with Crippen LogP contribution in [0.25, 0.3) is 0 Å². The fourth-order valence-corrected chi connectivity index (χ4v) is 3.05. The first kappa shape index (κ1) is 17.4. The molecule has 0 aliphatic carbocycles. The van der Waals surface area contributed by atoms with Crippen molar-refractivity contribution in [3.8, 4) is 0 Å². The van der Waals surface area contributed by atoms with Gasteiger partial charge in [0.05, 0.1) is 19.2 Å². The summed E-state index contributed by atoms with van der Waals surface area (Å²) in [7, 11) is 0. The predicted molar refractivity (Wildman–Crippen MR) is 91.9 cm³/mol. The number of nitrogens with zero attached hydrogens (tertiary/aromatic N) is 3. The van der Waals surface area contributed by atoms with Gasteiger partial charge in [0, 0.05) is 13.5 Å². The van der Waals surface area contributed by atoms with Crippen molar-refractivity contribution >= 4 is 6.03 Å². The van der Waals surface area contributed by atoms with Gasteiger partial charge in [0.25, 0.3) is 0 Å². The lowest BCUT2D eigenvalue weighted by molar-refractivity contribution is -0.0908. The van der Waals surface area contributed by atoms with E-state index in [1.54, 1.807) is 11.8 Å². The average Bonchev–Trinajstić information content (AvgIpc) is 3.06. The number of ether oxygens (including phenoxy) is 1. The molecule has 2 atom stereocenters. The predicted octanol–water partition coefficient (Wildman–Crippen LogP) is 2.79. The Morgan fingerprint density at radius 3 is 2.80 bits per heavy atom. The Balaban J connectivity index is 1.69. The van der Waals surface area contributed by atoms with Gasteiger partial charge in [0.15, 0.2) is 5.82 Å². The van der Waals surface area contributed by atoms with Crippen LogP contribution in [0.15, 0.2) is 34.9 Å². The second-order valence-electron chi connectivity index (χ2n) is 6.45. The number of aryl methyl sites for hydroxylation is 1. The highest BCUT2D eigenvalue weighted by atomic mass is 16.5. The van der Waals surface area contributed by atoms with E-state index in [1.165, 1.54) is 0 Å². The van der Waals surface area contributed by atoms with Crippen molar-refractivity contribution in [1.29, 1.82) is 0 Å². The first-order chi connectivity index (χ1) is 12.0. The number of carbonyl (C=O) groups is 1. The van der Waals surface area contributed by atoms with E-state index in [-0.39, 0.29) is 12.1 Å². The molecule has 2 heterocycles. The summed E-state index contributed by atoms with van der Waals surface area (Å²) in [6, 6.07) is 9.58. The number of urea groups is 1. The molecule has 7 nitrogen and oxygen atoms in total. The van der Waals surface area contributed by atoms with Crippen molar-refractivity contribution in [3.63, 3.8) is 0 Å². The molecule has 134 valence electrons. The molecule has 1 aromatic carbocycles. The number of benzene rings is 1. The van der Waals surface area contributed by atoms with E-state index in [2.05, 4.69) is 15.5 Å². The molecule has 1 aromatic heterocycles. The van der Waals surface area contributed by atoms with Crippen LogP contribution in [0.3, 0.4) is 0 Å². The maximum Gasteiger partial charge on any atom is 0.318 e. The Hall–Kier alpha value is -2.41. The Kier molecular flexibility index (Phi) is 5.03. The molecule has 7 heteroatoms. The van der Waals surface area contributed by atoms with E-state index in [0.29, 0.717) is 37.8 Å². The molecule has 1 aliphatic heterocycles. The van der Waals surface area contributed by atoms with Crippen molar-refractivity contribution in [3.05, 3.63) is 47.6 Å². The molecule has 0 radical (unpaired) electrons. The fourth-order valence-electron chi connectivity index (χ4n) is 3.05. The van der Waals surface area contributed by atoms with Gasteiger partial charge in [-0.1, -0.05) is 42.4 Å². The maximum absolute atomic E-state index is 12.7. The van der Waals surface area contributed by atoms with Gasteiger partial charge in [-0.3, -0.25) is 0 Å². The Morgan fingerprint density at radius 2 is 2.16 bits per heavy atom. The third-order valence-corrected chi connectivity index (χ3v) is 4.51. The standard InChI is InChI=1S/C18H24N4O3/c1-4-15(16-19-13(2)25-21-16)20-17(23)22-10-11-24-18(3,12-22)14-8-6-5-7-9-14/h5-9,15H,4,10-12H2,1-3H3,(H,20,23)/t15-,18-/m1/s1. The molecule has 0 spiro atoms. The summed E-state index contributed by atoms with van der Waals surface area (Å²) in [6.07, 6.45) is 0.686. The van der Waals surface area contributed by atoms with Crippen molar-refractivity contribution < 1.29 is 14.1 Å². The minimum absolute atomic E-state index is 0.139. The van der Waals surface area contributed by atoms with Crippen molar-refractivity contribution in [1.82, 2.24) is 20.4 Å². The van der Waals surface area contributed by atoms with Gasteiger partial charge in [-0.2, -0.15) is 4.98 Å². The molecule has 25 heavy (non-hydrogen) atoms. The topological polar surface area (TPSA) is 80.5 Å². The van der Waals surface area contributed by atoms with Crippen LogP contribution in [0.5, 0.6) is 0 Å². The van der Waals surface area contributed by atoms with Gasteiger partial charge in [-0.15, -0.1) is 0 Å². The van der Waals surface area contributed by atoms with Crippen molar-refractivity contribution in [2.75, 3.05) is 19.7 Å². The molecule has 1 saturated heterocycles. The summed E-state index contributed by atoms with van der Waals surface area (Å²) >= 11 is 0. The second kappa shape index (κ2) is 7.23. The summed E-state index contributed by atoms with van der Waals surface area (Å²) < 4.78 is 11.0. The molecule has 3 rings (SSSR count). The first-order valence-corrected chi connectivity index (χ1v) is 8.57. The van der Waals surface area contributed by atoms with Crippen LogP contribution in [-0.4, -0.2) is 40.8 Å². The molecule has 2 aromatic rings. The van der Waals surface area contributed by atoms with Crippen LogP contribution < -0.4 is 5.32 Å². The summed E-state index contributed by atoms with van der Waals surface area (Å²) in [5.41, 5.74) is 0.551. The van der Waals surface area contributed by atoms with E-state index < -0.39 is 5.60 Å². The maximum atomic E-state index is 12.7. The number of hydrogen-bond acceptors (Lipinski definition) is 5. The van der Waals surface area contributed by atoms with Crippen molar-refractivity contribution in [2.45, 2.75) is 38.8 Å². The average molecular weight is 344 g/mol. The van der Waals surface area contributed by atoms with E-state index in [4.69, 9.17) is 9.26 Å². The zero-order valence-electron chi connectivity index (χ0n) is 14.9. The van der Waals surface area contributed by atoms with Gasteiger partial charge >= 0.3 is 6.03 Å². The monoisotopic (exact) mass is 344 g/mol. The highest BCUT2D eigenvalue weighted by molar-refractivity contribution is 5.74. The van der Waals surface area contributed by atoms with E-state index in [1.807, 2.05) is 44.2 Å². The number of morpholine rings is 1. The molecular weight excluding hydrogens is 320 g/mol. The van der Waals surface area contributed by atoms with Gasteiger partial charge in [0.1, 0.15) is 5.60 Å².